The molecule has 2 heterocycles. The Morgan fingerprint density at radius 3 is 2.65 bits per heavy atom. The van der Waals surface area contributed by atoms with E-state index in [0.29, 0.717) is 26.1 Å². The summed E-state index contributed by atoms with van der Waals surface area (Å²) in [6, 6.07) is 0. The number of nitrogens with zero attached hydrogens (tertiary/aromatic N) is 1. The fourth-order valence-electron chi connectivity index (χ4n) is 4.12. The molecule has 1 saturated heterocycles. The Morgan fingerprint density at radius 1 is 1.25 bits per heavy atom. The molecule has 0 aromatic rings. The Labute approximate surface area is 120 Å². The summed E-state index contributed by atoms with van der Waals surface area (Å²) in [6.07, 6.45) is 6.46. The van der Waals surface area contributed by atoms with Gasteiger partial charge in [-0.3, -0.25) is 9.59 Å². The van der Waals surface area contributed by atoms with Crippen molar-refractivity contribution in [3.8, 4) is 0 Å². The van der Waals surface area contributed by atoms with Crippen molar-refractivity contribution in [2.45, 2.75) is 40.0 Å². The average Bonchev–Trinajstić information content (AvgIpc) is 2.56. The van der Waals surface area contributed by atoms with E-state index in [1.54, 1.807) is 0 Å². The summed E-state index contributed by atoms with van der Waals surface area (Å²) in [5.41, 5.74) is -1.43. The van der Waals surface area contributed by atoms with Crippen LogP contribution in [0.15, 0.2) is 12.2 Å². The molecule has 4 heteroatoms. The number of esters is 1. The van der Waals surface area contributed by atoms with Gasteiger partial charge in [-0.25, -0.2) is 0 Å². The topological polar surface area (TPSA) is 46.6 Å². The SMILES string of the molecule is CC1(C)[C@@]2(C)CC[C@]1(C(=O)N1CC=CCC1)C(=O)OC2. The van der Waals surface area contributed by atoms with Crippen molar-refractivity contribution in [3.63, 3.8) is 0 Å². The maximum atomic E-state index is 13.1. The number of amides is 1. The van der Waals surface area contributed by atoms with E-state index in [2.05, 4.69) is 26.8 Å². The fraction of sp³-hybridized carbons (Fsp3) is 0.750. The zero-order valence-electron chi connectivity index (χ0n) is 12.6. The summed E-state index contributed by atoms with van der Waals surface area (Å²) in [7, 11) is 0. The van der Waals surface area contributed by atoms with Crippen LogP contribution in [0.1, 0.15) is 40.0 Å². The molecule has 1 amide bonds. The van der Waals surface area contributed by atoms with E-state index >= 15 is 0 Å². The van der Waals surface area contributed by atoms with Gasteiger partial charge >= 0.3 is 5.97 Å². The highest BCUT2D eigenvalue weighted by atomic mass is 16.5. The predicted molar refractivity (Wildman–Crippen MR) is 74.9 cm³/mol. The lowest BCUT2D eigenvalue weighted by atomic mass is 9.57. The molecule has 2 bridgehead atoms. The van der Waals surface area contributed by atoms with Gasteiger partial charge in [0.25, 0.3) is 0 Å². The van der Waals surface area contributed by atoms with Gasteiger partial charge in [-0.15, -0.1) is 0 Å². The maximum Gasteiger partial charge on any atom is 0.322 e. The van der Waals surface area contributed by atoms with E-state index in [-0.39, 0.29) is 22.7 Å². The molecular weight excluding hydrogens is 254 g/mol. The number of cyclic esters (lactones) is 1. The van der Waals surface area contributed by atoms with Crippen LogP contribution in [0.4, 0.5) is 0 Å². The first-order valence-corrected chi connectivity index (χ1v) is 7.47. The molecule has 110 valence electrons. The van der Waals surface area contributed by atoms with Crippen LogP contribution in [0, 0.1) is 16.2 Å². The molecule has 0 spiro atoms. The second-order valence-electron chi connectivity index (χ2n) is 7.18. The summed E-state index contributed by atoms with van der Waals surface area (Å²) in [4.78, 5) is 27.4. The van der Waals surface area contributed by atoms with E-state index in [0.717, 1.165) is 12.8 Å². The van der Waals surface area contributed by atoms with Crippen molar-refractivity contribution in [3.05, 3.63) is 12.2 Å². The average molecular weight is 277 g/mol. The summed E-state index contributed by atoms with van der Waals surface area (Å²) in [6.45, 7) is 8.03. The van der Waals surface area contributed by atoms with Crippen LogP contribution in [0.5, 0.6) is 0 Å². The Kier molecular flexibility index (Phi) is 2.79. The number of hydrogen-bond acceptors (Lipinski definition) is 3. The lowest BCUT2D eigenvalue weighted by Gasteiger charge is -2.51. The van der Waals surface area contributed by atoms with Crippen molar-refractivity contribution in [2.75, 3.05) is 19.7 Å². The quantitative estimate of drug-likeness (QED) is 0.419. The molecule has 0 radical (unpaired) electrons. The van der Waals surface area contributed by atoms with Gasteiger partial charge in [-0.1, -0.05) is 32.9 Å². The van der Waals surface area contributed by atoms with E-state index in [1.807, 2.05) is 11.0 Å². The van der Waals surface area contributed by atoms with Crippen molar-refractivity contribution in [1.29, 1.82) is 0 Å². The van der Waals surface area contributed by atoms with E-state index in [4.69, 9.17) is 4.74 Å². The molecule has 0 unspecified atom stereocenters. The van der Waals surface area contributed by atoms with Gasteiger partial charge in [0.15, 0.2) is 5.41 Å². The van der Waals surface area contributed by atoms with E-state index < -0.39 is 5.41 Å². The highest BCUT2D eigenvalue weighted by Gasteiger charge is 2.72. The molecule has 1 saturated carbocycles. The van der Waals surface area contributed by atoms with Gasteiger partial charge in [-0.05, 0) is 24.7 Å². The summed E-state index contributed by atoms with van der Waals surface area (Å²) >= 11 is 0. The lowest BCUT2D eigenvalue weighted by molar-refractivity contribution is -0.193. The lowest BCUT2D eigenvalue weighted by Crippen LogP contribution is -2.61. The molecule has 2 fully saturated rings. The standard InChI is InChI=1S/C16H23NO3/c1-14(2)15(3)7-8-16(14,13(19)20-11-15)12(18)17-9-5-4-6-10-17/h4-5H,6-11H2,1-3H3/t15-,16-/m0/s1. The van der Waals surface area contributed by atoms with Crippen molar-refractivity contribution in [1.82, 2.24) is 4.90 Å². The summed E-state index contributed by atoms with van der Waals surface area (Å²) in [5.74, 6) is -0.336. The Hall–Kier alpha value is -1.32. The molecular formula is C16H23NO3. The summed E-state index contributed by atoms with van der Waals surface area (Å²) < 4.78 is 5.41. The molecule has 0 aromatic carbocycles. The largest absolute Gasteiger partial charge is 0.464 e. The van der Waals surface area contributed by atoms with E-state index in [1.165, 1.54) is 0 Å². The molecule has 2 atom stereocenters. The van der Waals surface area contributed by atoms with Crippen molar-refractivity contribution >= 4 is 11.9 Å². The minimum absolute atomic E-state index is 0.0275. The zero-order chi connectivity index (χ0) is 14.6. The Bertz CT molecular complexity index is 496. The molecule has 3 rings (SSSR count). The van der Waals surface area contributed by atoms with Gasteiger partial charge in [-0.2, -0.15) is 0 Å². The van der Waals surface area contributed by atoms with Crippen LogP contribution in [-0.4, -0.2) is 36.5 Å². The number of carbonyl (C=O) groups is 2. The number of rotatable bonds is 1. The van der Waals surface area contributed by atoms with Gasteiger partial charge in [0.2, 0.25) is 5.91 Å². The Balaban J connectivity index is 2.02. The number of ether oxygens (including phenoxy) is 1. The van der Waals surface area contributed by atoms with Crippen LogP contribution in [0.2, 0.25) is 0 Å². The maximum absolute atomic E-state index is 13.1. The van der Waals surface area contributed by atoms with Gasteiger partial charge < -0.3 is 9.64 Å². The number of carbonyl (C=O) groups excluding carboxylic acids is 2. The molecule has 0 N–H and O–H groups in total. The van der Waals surface area contributed by atoms with Gasteiger partial charge in [0.05, 0.1) is 6.61 Å². The smallest absolute Gasteiger partial charge is 0.322 e. The van der Waals surface area contributed by atoms with Crippen LogP contribution in [0.25, 0.3) is 0 Å². The van der Waals surface area contributed by atoms with Crippen molar-refractivity contribution < 1.29 is 14.3 Å². The number of fused-ring (bicyclic) bond motifs is 2. The van der Waals surface area contributed by atoms with Crippen LogP contribution >= 0.6 is 0 Å². The normalized spacial score (nSPS) is 38.8. The van der Waals surface area contributed by atoms with Gasteiger partial charge in [0.1, 0.15) is 0 Å². The van der Waals surface area contributed by atoms with Crippen LogP contribution < -0.4 is 0 Å². The molecule has 1 aliphatic carbocycles. The highest BCUT2D eigenvalue weighted by molar-refractivity contribution is 6.05. The molecule has 0 aromatic heterocycles. The first-order valence-electron chi connectivity index (χ1n) is 7.47. The predicted octanol–water partition coefficient (Wildman–Crippen LogP) is 2.14. The third kappa shape index (κ3) is 1.42. The molecule has 4 nitrogen and oxygen atoms in total. The molecule has 3 aliphatic rings. The zero-order valence-corrected chi connectivity index (χ0v) is 12.6. The van der Waals surface area contributed by atoms with Gasteiger partial charge in [0, 0.05) is 18.5 Å². The Morgan fingerprint density at radius 2 is 2.00 bits per heavy atom. The molecule has 2 aliphatic heterocycles. The summed E-state index contributed by atoms with van der Waals surface area (Å²) in [5, 5.41) is 0. The first-order chi connectivity index (χ1) is 9.35. The van der Waals surface area contributed by atoms with Crippen LogP contribution in [-0.2, 0) is 14.3 Å². The second kappa shape index (κ2) is 4.09. The number of hydrogen-bond donors (Lipinski definition) is 0. The van der Waals surface area contributed by atoms with Crippen LogP contribution in [0.3, 0.4) is 0 Å². The minimum Gasteiger partial charge on any atom is -0.464 e. The molecule has 20 heavy (non-hydrogen) atoms. The second-order valence-corrected chi connectivity index (χ2v) is 7.18. The third-order valence-corrected chi connectivity index (χ3v) is 6.21. The fourth-order valence-corrected chi connectivity index (χ4v) is 4.12. The van der Waals surface area contributed by atoms with E-state index in [9.17, 15) is 9.59 Å². The highest BCUT2D eigenvalue weighted by Crippen LogP contribution is 2.66. The third-order valence-electron chi connectivity index (χ3n) is 6.21. The first kappa shape index (κ1) is 13.7. The minimum atomic E-state index is -0.981. The monoisotopic (exact) mass is 277 g/mol. The van der Waals surface area contributed by atoms with Crippen molar-refractivity contribution in [2.24, 2.45) is 16.2 Å².